The van der Waals surface area contributed by atoms with Crippen LogP contribution in [0.2, 0.25) is 0 Å². The highest BCUT2D eigenvalue weighted by Crippen LogP contribution is 2.44. The summed E-state index contributed by atoms with van der Waals surface area (Å²) in [4.78, 5) is 0. The molecule has 0 radical (unpaired) electrons. The Balaban J connectivity index is 0.00000106. The summed E-state index contributed by atoms with van der Waals surface area (Å²) < 4.78 is 0. The van der Waals surface area contributed by atoms with E-state index in [1.807, 2.05) is 25.0 Å². The van der Waals surface area contributed by atoms with Crippen LogP contribution in [0.5, 0.6) is 0 Å². The minimum Gasteiger partial charge on any atom is -0.0707 e. The molecule has 0 N–H and O–H groups in total. The van der Waals surface area contributed by atoms with Crippen molar-refractivity contribution in [2.75, 3.05) is 0 Å². The molecule has 2 aliphatic carbocycles. The second-order valence-electron chi connectivity index (χ2n) is 6.88. The molecule has 2 fully saturated rings. The van der Waals surface area contributed by atoms with Gasteiger partial charge in [-0.3, -0.25) is 0 Å². The van der Waals surface area contributed by atoms with Crippen molar-refractivity contribution >= 4 is 0 Å². The van der Waals surface area contributed by atoms with Crippen LogP contribution in [-0.4, -0.2) is 0 Å². The number of allylic oxidation sites excluding steroid dienone is 2. The fourth-order valence-corrected chi connectivity index (χ4v) is 4.51. The van der Waals surface area contributed by atoms with Crippen LogP contribution >= 0.6 is 0 Å². The second-order valence-corrected chi connectivity index (χ2v) is 6.88. The molecule has 2 saturated carbocycles. The van der Waals surface area contributed by atoms with E-state index in [4.69, 9.17) is 0 Å². The van der Waals surface area contributed by atoms with E-state index in [9.17, 15) is 0 Å². The van der Waals surface area contributed by atoms with Crippen molar-refractivity contribution in [2.45, 2.75) is 111 Å². The van der Waals surface area contributed by atoms with Gasteiger partial charge in [-0.2, -0.15) is 0 Å². The molecule has 0 aromatic carbocycles. The Kier molecular flexibility index (Phi) is 10.1. The lowest BCUT2D eigenvalue weighted by molar-refractivity contribution is 0.283. The molecule has 0 aromatic heterocycles. The first-order valence-corrected chi connectivity index (χ1v) is 10.1. The molecular formula is C21H40. The van der Waals surface area contributed by atoms with Crippen molar-refractivity contribution < 1.29 is 0 Å². The Hall–Kier alpha value is -0.260. The summed E-state index contributed by atoms with van der Waals surface area (Å²) in [7, 11) is 0. The van der Waals surface area contributed by atoms with Crippen LogP contribution in [0.1, 0.15) is 111 Å². The topological polar surface area (TPSA) is 0 Å². The molecule has 2 rings (SSSR count). The summed E-state index contributed by atoms with van der Waals surface area (Å²) in [5.74, 6) is 2.05. The number of fused-ring (bicyclic) bond motifs is 1. The van der Waals surface area contributed by atoms with E-state index in [0.717, 1.165) is 11.8 Å². The van der Waals surface area contributed by atoms with Gasteiger partial charge in [-0.25, -0.2) is 0 Å². The highest BCUT2D eigenvalue weighted by molar-refractivity contribution is 5.20. The average Bonchev–Trinajstić information content (AvgIpc) is 2.78. The van der Waals surface area contributed by atoms with Gasteiger partial charge >= 0.3 is 0 Å². The van der Waals surface area contributed by atoms with Crippen LogP contribution in [-0.2, 0) is 0 Å². The summed E-state index contributed by atoms with van der Waals surface area (Å²) in [5, 5.41) is 0. The van der Waals surface area contributed by atoms with E-state index in [2.05, 4.69) is 13.8 Å². The van der Waals surface area contributed by atoms with Crippen molar-refractivity contribution in [2.24, 2.45) is 11.8 Å². The van der Waals surface area contributed by atoms with Gasteiger partial charge in [0.2, 0.25) is 0 Å². The summed E-state index contributed by atoms with van der Waals surface area (Å²) in [6.45, 7) is 8.70. The quantitative estimate of drug-likeness (QED) is 0.456. The molecule has 0 aromatic rings. The van der Waals surface area contributed by atoms with Gasteiger partial charge in [-0.1, -0.05) is 70.9 Å². The molecule has 0 saturated heterocycles. The summed E-state index contributed by atoms with van der Waals surface area (Å²) in [5.41, 5.74) is 3.84. The van der Waals surface area contributed by atoms with Gasteiger partial charge in [-0.15, -0.1) is 0 Å². The zero-order chi connectivity index (χ0) is 15.5. The highest BCUT2D eigenvalue weighted by atomic mass is 14.4. The van der Waals surface area contributed by atoms with Crippen molar-refractivity contribution in [3.05, 3.63) is 11.1 Å². The predicted molar refractivity (Wildman–Crippen MR) is 96.7 cm³/mol. The first-order chi connectivity index (χ1) is 10.4. The summed E-state index contributed by atoms with van der Waals surface area (Å²) >= 11 is 0. The first kappa shape index (κ1) is 18.8. The van der Waals surface area contributed by atoms with E-state index >= 15 is 0 Å². The Bertz CT molecular complexity index is 286. The zero-order valence-electron chi connectivity index (χ0n) is 15.3. The highest BCUT2D eigenvalue weighted by Gasteiger charge is 2.31. The summed E-state index contributed by atoms with van der Waals surface area (Å²) in [6, 6.07) is 0. The maximum Gasteiger partial charge on any atom is -0.0172 e. The number of unbranched alkanes of at least 4 members (excludes halogenated alkanes) is 1. The smallest absolute Gasteiger partial charge is 0.0172 e. The normalized spacial score (nSPS) is 28.0. The van der Waals surface area contributed by atoms with Gasteiger partial charge in [0.15, 0.2) is 0 Å². The molecule has 0 heteroatoms. The molecule has 2 aliphatic rings. The third-order valence-electron chi connectivity index (χ3n) is 5.47. The van der Waals surface area contributed by atoms with Gasteiger partial charge in [0.1, 0.15) is 0 Å². The monoisotopic (exact) mass is 292 g/mol. The molecule has 21 heavy (non-hydrogen) atoms. The van der Waals surface area contributed by atoms with E-state index in [0.29, 0.717) is 0 Å². The van der Waals surface area contributed by atoms with Gasteiger partial charge in [0.05, 0.1) is 0 Å². The van der Waals surface area contributed by atoms with E-state index in [1.54, 1.807) is 0 Å². The Morgan fingerprint density at radius 1 is 0.857 bits per heavy atom. The van der Waals surface area contributed by atoms with Crippen molar-refractivity contribution in [3.8, 4) is 0 Å². The molecule has 2 atom stereocenters. The first-order valence-electron chi connectivity index (χ1n) is 10.1. The van der Waals surface area contributed by atoms with Crippen LogP contribution in [0.15, 0.2) is 11.1 Å². The SMILES string of the molecule is CC.CCCC/C(CCC)=C1/CCCC2CCCCCC12. The fraction of sp³-hybridized carbons (Fsp3) is 0.905. The molecule has 124 valence electrons. The van der Waals surface area contributed by atoms with Crippen LogP contribution in [0.3, 0.4) is 0 Å². The lowest BCUT2D eigenvalue weighted by Crippen LogP contribution is -2.22. The Morgan fingerprint density at radius 2 is 1.57 bits per heavy atom. The Labute approximate surface area is 134 Å². The third-order valence-corrected chi connectivity index (χ3v) is 5.47. The maximum absolute atomic E-state index is 2.36. The summed E-state index contributed by atoms with van der Waals surface area (Å²) in [6.07, 6.45) is 18.9. The van der Waals surface area contributed by atoms with E-state index < -0.39 is 0 Å². The third kappa shape index (κ3) is 5.80. The van der Waals surface area contributed by atoms with Crippen LogP contribution in [0.25, 0.3) is 0 Å². The molecule has 2 unspecified atom stereocenters. The van der Waals surface area contributed by atoms with Crippen LogP contribution in [0.4, 0.5) is 0 Å². The lowest BCUT2D eigenvalue weighted by Gasteiger charge is -2.35. The molecular weight excluding hydrogens is 252 g/mol. The van der Waals surface area contributed by atoms with E-state index in [1.165, 1.54) is 83.5 Å². The van der Waals surface area contributed by atoms with Gasteiger partial charge < -0.3 is 0 Å². The van der Waals surface area contributed by atoms with Crippen molar-refractivity contribution in [3.63, 3.8) is 0 Å². The zero-order valence-corrected chi connectivity index (χ0v) is 15.3. The molecule has 0 amide bonds. The largest absolute Gasteiger partial charge is 0.0707 e. The molecule has 0 aliphatic heterocycles. The molecule has 0 nitrogen and oxygen atoms in total. The predicted octanol–water partition coefficient (Wildman–Crippen LogP) is 7.68. The van der Waals surface area contributed by atoms with Crippen molar-refractivity contribution in [1.82, 2.24) is 0 Å². The van der Waals surface area contributed by atoms with Gasteiger partial charge in [-0.05, 0) is 63.2 Å². The lowest BCUT2D eigenvalue weighted by atomic mass is 9.71. The number of hydrogen-bond donors (Lipinski definition) is 0. The molecule has 0 bridgehead atoms. The average molecular weight is 293 g/mol. The number of hydrogen-bond acceptors (Lipinski definition) is 0. The standard InChI is InChI=1S/C19H34.C2H6/c1-3-5-11-16(10-4-2)19-15-9-13-17-12-7-6-8-14-18(17)19;1-2/h17-18H,3-15H2,1-2H3;1-2H3/b19-16-;. The second kappa shape index (κ2) is 11.3. The molecule has 0 heterocycles. The van der Waals surface area contributed by atoms with Crippen LogP contribution < -0.4 is 0 Å². The minimum atomic E-state index is 0.995. The Morgan fingerprint density at radius 3 is 2.29 bits per heavy atom. The van der Waals surface area contributed by atoms with Gasteiger partial charge in [0, 0.05) is 0 Å². The van der Waals surface area contributed by atoms with Crippen molar-refractivity contribution in [1.29, 1.82) is 0 Å². The number of rotatable bonds is 5. The van der Waals surface area contributed by atoms with E-state index in [-0.39, 0.29) is 0 Å². The molecule has 0 spiro atoms. The maximum atomic E-state index is 2.36. The minimum absolute atomic E-state index is 0.995. The van der Waals surface area contributed by atoms with Gasteiger partial charge in [0.25, 0.3) is 0 Å². The van der Waals surface area contributed by atoms with Crippen LogP contribution in [0, 0.1) is 11.8 Å². The fourth-order valence-electron chi connectivity index (χ4n) is 4.51.